The summed E-state index contributed by atoms with van der Waals surface area (Å²) >= 11 is 0. The van der Waals surface area contributed by atoms with Crippen molar-refractivity contribution in [3.05, 3.63) is 53.5 Å². The van der Waals surface area contributed by atoms with Crippen LogP contribution in [0.5, 0.6) is 11.5 Å². The predicted molar refractivity (Wildman–Crippen MR) is 115 cm³/mol. The molecular weight excluding hydrogens is 416 g/mol. The van der Waals surface area contributed by atoms with Crippen molar-refractivity contribution >= 4 is 17.4 Å². The van der Waals surface area contributed by atoms with Gasteiger partial charge in [0.25, 0.3) is 11.7 Å². The molecule has 2 fully saturated rings. The number of hydrogen-bond acceptors (Lipinski definition) is 8. The van der Waals surface area contributed by atoms with Crippen molar-refractivity contribution in [3.63, 3.8) is 0 Å². The lowest BCUT2D eigenvalue weighted by Crippen LogP contribution is -2.42. The average molecular weight is 442 g/mol. The maximum atomic E-state index is 13.0. The summed E-state index contributed by atoms with van der Waals surface area (Å²) in [5.74, 6) is -0.416. The standard InChI is InChI=1S/C23H26N2O7/c1-29-16-6-5-15(14-18(16)30-2)21(26)19-20(17-4-3-11-32-17)25(23(28)22(19)27)8-7-24-9-12-31-13-10-24/h3-6,11,14,20,26H,7-10,12-13H2,1-2H3/b21-19+/t20-/m0/s1. The normalized spacial score (nSPS) is 21.2. The maximum Gasteiger partial charge on any atom is 0.295 e. The van der Waals surface area contributed by atoms with E-state index in [1.807, 2.05) is 0 Å². The number of carbonyl (C=O) groups excluding carboxylic acids is 2. The van der Waals surface area contributed by atoms with Gasteiger partial charge in [0, 0.05) is 31.7 Å². The summed E-state index contributed by atoms with van der Waals surface area (Å²) in [6.45, 7) is 3.71. The molecule has 1 N–H and O–H groups in total. The van der Waals surface area contributed by atoms with Gasteiger partial charge in [-0.25, -0.2) is 0 Å². The molecule has 4 rings (SSSR count). The third kappa shape index (κ3) is 4.09. The molecule has 9 heteroatoms. The lowest BCUT2D eigenvalue weighted by molar-refractivity contribution is -0.140. The second-order valence-corrected chi connectivity index (χ2v) is 7.53. The number of furan rings is 1. The molecule has 0 unspecified atom stereocenters. The summed E-state index contributed by atoms with van der Waals surface area (Å²) in [6, 6.07) is 7.36. The highest BCUT2D eigenvalue weighted by molar-refractivity contribution is 6.46. The highest BCUT2D eigenvalue weighted by atomic mass is 16.5. The molecule has 170 valence electrons. The van der Waals surface area contributed by atoms with E-state index >= 15 is 0 Å². The van der Waals surface area contributed by atoms with Crippen molar-refractivity contribution in [1.29, 1.82) is 0 Å². The number of morpholine rings is 1. The van der Waals surface area contributed by atoms with Gasteiger partial charge in [-0.1, -0.05) is 0 Å². The Hall–Kier alpha value is -3.30. The summed E-state index contributed by atoms with van der Waals surface area (Å²) in [7, 11) is 2.99. The fraction of sp³-hybridized carbons (Fsp3) is 0.391. The first-order valence-electron chi connectivity index (χ1n) is 10.4. The van der Waals surface area contributed by atoms with Gasteiger partial charge in [0.05, 0.1) is 39.3 Å². The lowest BCUT2D eigenvalue weighted by Gasteiger charge is -2.30. The van der Waals surface area contributed by atoms with Gasteiger partial charge in [0.15, 0.2) is 11.5 Å². The zero-order chi connectivity index (χ0) is 22.7. The molecule has 0 spiro atoms. The Morgan fingerprint density at radius 1 is 1.09 bits per heavy atom. The molecule has 1 aromatic carbocycles. The Morgan fingerprint density at radius 2 is 1.84 bits per heavy atom. The summed E-state index contributed by atoms with van der Waals surface area (Å²) in [5.41, 5.74) is 0.324. The summed E-state index contributed by atoms with van der Waals surface area (Å²) < 4.78 is 21.5. The van der Waals surface area contributed by atoms with E-state index in [0.717, 1.165) is 13.1 Å². The van der Waals surface area contributed by atoms with E-state index in [-0.39, 0.29) is 11.3 Å². The smallest absolute Gasteiger partial charge is 0.295 e. The summed E-state index contributed by atoms with van der Waals surface area (Å²) in [6.07, 6.45) is 1.48. The van der Waals surface area contributed by atoms with Gasteiger partial charge >= 0.3 is 0 Å². The number of amides is 1. The number of carbonyl (C=O) groups is 2. The number of methoxy groups -OCH3 is 2. The topological polar surface area (TPSA) is 102 Å². The molecular formula is C23H26N2O7. The van der Waals surface area contributed by atoms with Gasteiger partial charge < -0.3 is 28.6 Å². The van der Waals surface area contributed by atoms with E-state index in [2.05, 4.69) is 4.90 Å². The number of Topliss-reactive ketones (excluding diaryl/α,β-unsaturated/α-hetero) is 1. The largest absolute Gasteiger partial charge is 0.507 e. The fourth-order valence-corrected chi connectivity index (χ4v) is 4.07. The third-order valence-electron chi connectivity index (χ3n) is 5.77. The first-order valence-corrected chi connectivity index (χ1v) is 10.4. The monoisotopic (exact) mass is 442 g/mol. The molecule has 1 atom stereocenters. The first kappa shape index (κ1) is 21.9. The fourth-order valence-electron chi connectivity index (χ4n) is 4.07. The molecule has 2 saturated heterocycles. The number of hydrogen-bond donors (Lipinski definition) is 1. The van der Waals surface area contributed by atoms with Crippen LogP contribution < -0.4 is 9.47 Å². The summed E-state index contributed by atoms with van der Waals surface area (Å²) in [5, 5.41) is 11.1. The Bertz CT molecular complexity index is 1010. The van der Waals surface area contributed by atoms with E-state index in [1.165, 1.54) is 25.4 Å². The minimum Gasteiger partial charge on any atom is -0.507 e. The van der Waals surface area contributed by atoms with E-state index in [0.29, 0.717) is 49.1 Å². The Balaban J connectivity index is 1.71. The molecule has 0 radical (unpaired) electrons. The van der Waals surface area contributed by atoms with Crippen molar-refractivity contribution in [2.45, 2.75) is 6.04 Å². The van der Waals surface area contributed by atoms with Crippen LogP contribution in [0.15, 0.2) is 46.6 Å². The van der Waals surface area contributed by atoms with Crippen molar-refractivity contribution < 1.29 is 33.3 Å². The SMILES string of the molecule is COc1ccc(/C(O)=C2\C(=O)C(=O)N(CCN3CCOCC3)[C@H]2c2ccco2)cc1OC. The van der Waals surface area contributed by atoms with Crippen molar-refractivity contribution in [3.8, 4) is 11.5 Å². The van der Waals surface area contributed by atoms with E-state index < -0.39 is 17.7 Å². The molecule has 2 aliphatic rings. The predicted octanol–water partition coefficient (Wildman–Crippen LogP) is 2.05. The van der Waals surface area contributed by atoms with Crippen LogP contribution in [0, 0.1) is 0 Å². The van der Waals surface area contributed by atoms with Crippen LogP contribution >= 0.6 is 0 Å². The van der Waals surface area contributed by atoms with Gasteiger partial charge in [0.1, 0.15) is 17.6 Å². The molecule has 0 aliphatic carbocycles. The zero-order valence-electron chi connectivity index (χ0n) is 18.1. The highest BCUT2D eigenvalue weighted by Crippen LogP contribution is 2.40. The number of aliphatic hydroxyl groups excluding tert-OH is 1. The summed E-state index contributed by atoms with van der Waals surface area (Å²) in [4.78, 5) is 29.6. The number of ketones is 1. The van der Waals surface area contributed by atoms with E-state index in [4.69, 9.17) is 18.6 Å². The van der Waals surface area contributed by atoms with Gasteiger partial charge in [0.2, 0.25) is 0 Å². The van der Waals surface area contributed by atoms with E-state index in [1.54, 1.807) is 30.3 Å². The number of aliphatic hydroxyl groups is 1. The Morgan fingerprint density at radius 3 is 2.50 bits per heavy atom. The maximum absolute atomic E-state index is 13.0. The molecule has 1 aromatic heterocycles. The average Bonchev–Trinajstić information content (AvgIpc) is 3.44. The second-order valence-electron chi connectivity index (χ2n) is 7.53. The Labute approximate surface area is 185 Å². The van der Waals surface area contributed by atoms with Gasteiger partial charge in [-0.2, -0.15) is 0 Å². The highest BCUT2D eigenvalue weighted by Gasteiger charge is 2.47. The zero-order valence-corrected chi connectivity index (χ0v) is 18.1. The van der Waals surface area contributed by atoms with Crippen LogP contribution in [0.1, 0.15) is 17.4 Å². The molecule has 3 heterocycles. The van der Waals surface area contributed by atoms with Crippen LogP contribution in [0.4, 0.5) is 0 Å². The lowest BCUT2D eigenvalue weighted by atomic mass is 9.99. The molecule has 1 amide bonds. The van der Waals surface area contributed by atoms with E-state index in [9.17, 15) is 14.7 Å². The van der Waals surface area contributed by atoms with Crippen molar-refractivity contribution in [2.75, 3.05) is 53.6 Å². The quantitative estimate of drug-likeness (QED) is 0.395. The van der Waals surface area contributed by atoms with Gasteiger partial charge in [-0.3, -0.25) is 14.5 Å². The van der Waals surface area contributed by atoms with Gasteiger partial charge in [-0.05, 0) is 30.3 Å². The van der Waals surface area contributed by atoms with Crippen molar-refractivity contribution in [1.82, 2.24) is 9.80 Å². The second kappa shape index (κ2) is 9.46. The van der Waals surface area contributed by atoms with Gasteiger partial charge in [-0.15, -0.1) is 0 Å². The van der Waals surface area contributed by atoms with Crippen LogP contribution in [0.25, 0.3) is 5.76 Å². The number of benzene rings is 1. The number of likely N-dealkylation sites (tertiary alicyclic amines) is 1. The van der Waals surface area contributed by atoms with Crippen LogP contribution in [0.3, 0.4) is 0 Å². The number of ether oxygens (including phenoxy) is 3. The van der Waals surface area contributed by atoms with Crippen molar-refractivity contribution in [2.24, 2.45) is 0 Å². The molecule has 2 aliphatic heterocycles. The molecule has 32 heavy (non-hydrogen) atoms. The number of rotatable bonds is 7. The minimum absolute atomic E-state index is 0.0147. The minimum atomic E-state index is -0.820. The Kier molecular flexibility index (Phi) is 6.48. The van der Waals surface area contributed by atoms with Crippen LogP contribution in [-0.2, 0) is 14.3 Å². The molecule has 2 aromatic rings. The third-order valence-corrected chi connectivity index (χ3v) is 5.77. The molecule has 9 nitrogen and oxygen atoms in total. The molecule has 0 bridgehead atoms. The number of nitrogens with zero attached hydrogens (tertiary/aromatic N) is 2. The first-order chi connectivity index (χ1) is 15.5. The van der Waals surface area contributed by atoms with Crippen LogP contribution in [0.2, 0.25) is 0 Å². The molecule has 0 saturated carbocycles. The van der Waals surface area contributed by atoms with Crippen LogP contribution in [-0.4, -0.2) is 80.2 Å².